The molecule has 0 bridgehead atoms. The van der Waals surface area contributed by atoms with Crippen LogP contribution in [0.5, 0.6) is 0 Å². The van der Waals surface area contributed by atoms with Gasteiger partial charge in [0.2, 0.25) is 0 Å². The predicted molar refractivity (Wildman–Crippen MR) is 92.9 cm³/mol. The van der Waals surface area contributed by atoms with E-state index in [-0.39, 0.29) is 12.2 Å². The largest absolute Gasteiger partial charge is 0.441 e. The summed E-state index contributed by atoms with van der Waals surface area (Å²) in [6.45, 7) is 6.02. The van der Waals surface area contributed by atoms with Crippen LogP contribution in [0.15, 0.2) is 42.1 Å². The van der Waals surface area contributed by atoms with Crippen molar-refractivity contribution >= 4 is 6.09 Å². The Labute approximate surface area is 140 Å². The molecule has 0 fully saturated rings. The summed E-state index contributed by atoms with van der Waals surface area (Å²) in [5.41, 5.74) is 2.21. The van der Waals surface area contributed by atoms with Gasteiger partial charge in [-0.05, 0) is 43.2 Å². The zero-order valence-electron chi connectivity index (χ0n) is 14.1. The van der Waals surface area contributed by atoms with Gasteiger partial charge in [0.1, 0.15) is 6.10 Å². The molecule has 1 aromatic rings. The van der Waals surface area contributed by atoms with Gasteiger partial charge in [0, 0.05) is 6.20 Å². The molecule has 2 rings (SSSR count). The van der Waals surface area contributed by atoms with Crippen molar-refractivity contribution in [2.75, 3.05) is 0 Å². The Morgan fingerprint density at radius 2 is 1.96 bits per heavy atom. The number of nitrogens with zero attached hydrogens (tertiary/aromatic N) is 1. The van der Waals surface area contributed by atoms with Crippen LogP contribution in [0.2, 0.25) is 0 Å². The number of unbranched alkanes of at least 4 members (excludes halogenated alkanes) is 1. The van der Waals surface area contributed by atoms with E-state index in [9.17, 15) is 4.79 Å². The lowest BCUT2D eigenvalue weighted by Crippen LogP contribution is -2.28. The average Bonchev–Trinajstić information content (AvgIpc) is 2.60. The van der Waals surface area contributed by atoms with Crippen LogP contribution in [0.3, 0.4) is 0 Å². The molecule has 0 spiro atoms. The number of ether oxygens (including phenoxy) is 1. The fraction of sp³-hybridized carbons (Fsp3) is 0.400. The molecule has 1 aliphatic heterocycles. The minimum Gasteiger partial charge on any atom is -0.441 e. The molecule has 0 saturated heterocycles. The molecule has 3 heteroatoms. The highest BCUT2D eigenvalue weighted by Gasteiger charge is 2.22. The van der Waals surface area contributed by atoms with Gasteiger partial charge in [0.25, 0.3) is 0 Å². The minimum atomic E-state index is -0.314. The second-order valence-corrected chi connectivity index (χ2v) is 5.79. The number of hydrogen-bond acceptors (Lipinski definition) is 2. The maximum Gasteiger partial charge on any atom is 0.414 e. The summed E-state index contributed by atoms with van der Waals surface area (Å²) in [6, 6.07) is 9.95. The molecule has 23 heavy (non-hydrogen) atoms. The van der Waals surface area contributed by atoms with E-state index < -0.39 is 0 Å². The summed E-state index contributed by atoms with van der Waals surface area (Å²) in [5.74, 6) is 0. The fourth-order valence-electron chi connectivity index (χ4n) is 2.57. The SMILES string of the molecule is CCCCC1=CN(C(=O)O[C@@H](CCC)c2ccccc2)[CH][CH][CH]1. The molecule has 0 N–H and O–H groups in total. The number of rotatable bonds is 7. The van der Waals surface area contributed by atoms with Gasteiger partial charge < -0.3 is 4.74 Å². The fourth-order valence-corrected chi connectivity index (χ4v) is 2.57. The van der Waals surface area contributed by atoms with Gasteiger partial charge >= 0.3 is 6.09 Å². The first-order chi connectivity index (χ1) is 11.2. The summed E-state index contributed by atoms with van der Waals surface area (Å²) in [4.78, 5) is 14.0. The summed E-state index contributed by atoms with van der Waals surface area (Å²) in [5, 5.41) is 0. The summed E-state index contributed by atoms with van der Waals surface area (Å²) in [7, 11) is 0. The van der Waals surface area contributed by atoms with Crippen molar-refractivity contribution < 1.29 is 9.53 Å². The van der Waals surface area contributed by atoms with Crippen molar-refractivity contribution in [2.24, 2.45) is 0 Å². The van der Waals surface area contributed by atoms with Crippen molar-refractivity contribution in [3.8, 4) is 0 Å². The molecule has 1 amide bonds. The van der Waals surface area contributed by atoms with Crippen LogP contribution in [0.4, 0.5) is 4.79 Å². The molecule has 0 aromatic heterocycles. The van der Waals surface area contributed by atoms with Crippen LogP contribution in [0.25, 0.3) is 0 Å². The van der Waals surface area contributed by atoms with Crippen molar-refractivity contribution in [1.82, 2.24) is 4.90 Å². The zero-order valence-corrected chi connectivity index (χ0v) is 14.1. The van der Waals surface area contributed by atoms with E-state index in [0.717, 1.165) is 43.2 Å². The van der Waals surface area contributed by atoms with E-state index in [2.05, 4.69) is 20.3 Å². The number of allylic oxidation sites excluding steroid dienone is 1. The van der Waals surface area contributed by atoms with Crippen molar-refractivity contribution in [2.45, 2.75) is 52.1 Å². The highest BCUT2D eigenvalue weighted by Crippen LogP contribution is 2.26. The van der Waals surface area contributed by atoms with Crippen molar-refractivity contribution in [1.29, 1.82) is 0 Å². The number of carbonyl (C=O) groups excluding carboxylic acids is 1. The van der Waals surface area contributed by atoms with Gasteiger partial charge in [-0.2, -0.15) is 0 Å². The molecule has 3 nitrogen and oxygen atoms in total. The van der Waals surface area contributed by atoms with Gasteiger partial charge in [-0.15, -0.1) is 0 Å². The summed E-state index contributed by atoms with van der Waals surface area (Å²) in [6.07, 6.45) is 10.4. The van der Waals surface area contributed by atoms with E-state index in [4.69, 9.17) is 4.74 Å². The van der Waals surface area contributed by atoms with Gasteiger partial charge in [-0.1, -0.05) is 57.0 Å². The molecular formula is C20H26NO2. The third kappa shape index (κ3) is 5.42. The van der Waals surface area contributed by atoms with Crippen LogP contribution in [-0.4, -0.2) is 11.0 Å². The molecule has 0 saturated carbocycles. The summed E-state index contributed by atoms with van der Waals surface area (Å²) < 4.78 is 5.75. The van der Waals surface area contributed by atoms with Crippen LogP contribution >= 0.6 is 0 Å². The number of amides is 1. The molecule has 1 aromatic carbocycles. The van der Waals surface area contributed by atoms with E-state index >= 15 is 0 Å². The molecule has 1 atom stereocenters. The predicted octanol–water partition coefficient (Wildman–Crippen LogP) is 5.62. The molecular weight excluding hydrogens is 286 g/mol. The molecule has 3 radical (unpaired) electrons. The van der Waals surface area contributed by atoms with Gasteiger partial charge in [0.15, 0.2) is 0 Å². The number of carbonyl (C=O) groups is 1. The molecule has 0 aliphatic carbocycles. The second-order valence-electron chi connectivity index (χ2n) is 5.79. The third-order valence-electron chi connectivity index (χ3n) is 3.86. The molecule has 1 heterocycles. The maximum absolute atomic E-state index is 12.5. The smallest absolute Gasteiger partial charge is 0.414 e. The Kier molecular flexibility index (Phi) is 7.18. The monoisotopic (exact) mass is 312 g/mol. The first-order valence-electron chi connectivity index (χ1n) is 8.50. The lowest BCUT2D eigenvalue weighted by Gasteiger charge is -2.26. The highest BCUT2D eigenvalue weighted by molar-refractivity contribution is 5.71. The van der Waals surface area contributed by atoms with Crippen LogP contribution in [-0.2, 0) is 4.74 Å². The van der Waals surface area contributed by atoms with Crippen LogP contribution in [0.1, 0.15) is 57.6 Å². The second kappa shape index (κ2) is 9.39. The Balaban J connectivity index is 2.00. The highest BCUT2D eigenvalue weighted by atomic mass is 16.6. The Bertz CT molecular complexity index is 510. The normalized spacial score (nSPS) is 15.9. The van der Waals surface area contributed by atoms with E-state index in [1.807, 2.05) is 43.0 Å². The van der Waals surface area contributed by atoms with Crippen molar-refractivity contribution in [3.63, 3.8) is 0 Å². The molecule has 0 unspecified atom stereocenters. The first kappa shape index (κ1) is 17.6. The molecule has 1 aliphatic rings. The molecule has 123 valence electrons. The standard InChI is InChI=1S/C20H26NO2/c1-3-5-11-17-12-9-15-21(16-17)20(22)23-19(10-4-2)18-13-7-6-8-14-18/h6-9,12-16,19H,3-5,10-11H2,1-2H3/t19-/m0/s1. The van der Waals surface area contributed by atoms with E-state index in [1.54, 1.807) is 11.4 Å². The quantitative estimate of drug-likeness (QED) is 0.653. The minimum absolute atomic E-state index is 0.194. The van der Waals surface area contributed by atoms with Crippen LogP contribution in [0, 0.1) is 19.4 Å². The van der Waals surface area contributed by atoms with Crippen LogP contribution < -0.4 is 0 Å². The Morgan fingerprint density at radius 1 is 1.17 bits per heavy atom. The van der Waals surface area contributed by atoms with Gasteiger partial charge in [-0.25, -0.2) is 4.79 Å². The average molecular weight is 312 g/mol. The van der Waals surface area contributed by atoms with E-state index in [1.165, 1.54) is 0 Å². The zero-order chi connectivity index (χ0) is 16.5. The third-order valence-corrected chi connectivity index (χ3v) is 3.86. The van der Waals surface area contributed by atoms with Gasteiger partial charge in [-0.3, -0.25) is 4.90 Å². The first-order valence-corrected chi connectivity index (χ1v) is 8.50. The topological polar surface area (TPSA) is 29.5 Å². The van der Waals surface area contributed by atoms with Crippen molar-refractivity contribution in [3.05, 3.63) is 67.1 Å². The van der Waals surface area contributed by atoms with Gasteiger partial charge in [0.05, 0.1) is 6.54 Å². The van der Waals surface area contributed by atoms with E-state index in [0.29, 0.717) is 0 Å². The number of benzene rings is 1. The number of hydrogen-bond donors (Lipinski definition) is 0. The lowest BCUT2D eigenvalue weighted by molar-refractivity contribution is 0.0739. The lowest BCUT2D eigenvalue weighted by atomic mass is 10.0. The maximum atomic E-state index is 12.5. The summed E-state index contributed by atoms with van der Waals surface area (Å²) >= 11 is 0. The Morgan fingerprint density at radius 3 is 2.65 bits per heavy atom. The Hall–Kier alpha value is -1.77.